The van der Waals surface area contributed by atoms with Crippen LogP contribution in [0.15, 0.2) is 11.1 Å². The average molecular weight is 371 g/mol. The first-order valence-corrected chi connectivity index (χ1v) is 9.18. The van der Waals surface area contributed by atoms with E-state index in [9.17, 15) is 18.0 Å². The molecule has 0 atom stereocenters. The lowest BCUT2D eigenvalue weighted by Crippen LogP contribution is -2.31. The summed E-state index contributed by atoms with van der Waals surface area (Å²) in [6.45, 7) is 2.03. The van der Waals surface area contributed by atoms with Crippen LogP contribution in [0.4, 0.5) is 13.2 Å². The monoisotopic (exact) mass is 371 g/mol. The van der Waals surface area contributed by atoms with Gasteiger partial charge in [0.2, 0.25) is 5.91 Å². The van der Waals surface area contributed by atoms with Gasteiger partial charge in [-0.2, -0.15) is 18.4 Å². The van der Waals surface area contributed by atoms with Crippen molar-refractivity contribution in [2.45, 2.75) is 50.2 Å². The summed E-state index contributed by atoms with van der Waals surface area (Å²) in [5.74, 6) is 0.164. The molecule has 1 N–H and O–H groups in total. The van der Waals surface area contributed by atoms with Crippen LogP contribution < -0.4 is 5.32 Å². The van der Waals surface area contributed by atoms with Gasteiger partial charge in [0.1, 0.15) is 11.1 Å². The summed E-state index contributed by atoms with van der Waals surface area (Å²) >= 11 is 0.865. The molecule has 2 rings (SSSR count). The van der Waals surface area contributed by atoms with Crippen LogP contribution in [0.5, 0.6) is 0 Å². The highest BCUT2D eigenvalue weighted by Gasteiger charge is 2.35. The third-order valence-corrected chi connectivity index (χ3v) is 5.16. The molecule has 1 fully saturated rings. The minimum Gasteiger partial charge on any atom is -0.355 e. The van der Waals surface area contributed by atoms with Crippen molar-refractivity contribution in [1.82, 2.24) is 10.3 Å². The maximum Gasteiger partial charge on any atom is 0.417 e. The third kappa shape index (κ3) is 5.63. The fourth-order valence-electron chi connectivity index (χ4n) is 2.92. The van der Waals surface area contributed by atoms with Crippen molar-refractivity contribution < 1.29 is 18.0 Å². The Hall–Kier alpha value is -1.75. The lowest BCUT2D eigenvalue weighted by molar-refractivity contribution is -0.138. The second-order valence-corrected chi connectivity index (χ2v) is 7.16. The molecule has 1 aromatic rings. The van der Waals surface area contributed by atoms with Crippen LogP contribution in [0.3, 0.4) is 0 Å². The first-order chi connectivity index (χ1) is 11.8. The van der Waals surface area contributed by atoms with Crippen LogP contribution in [0, 0.1) is 24.2 Å². The van der Waals surface area contributed by atoms with E-state index in [0.29, 0.717) is 12.5 Å². The van der Waals surface area contributed by atoms with Gasteiger partial charge in [0.25, 0.3) is 0 Å². The van der Waals surface area contributed by atoms with Gasteiger partial charge in [-0.25, -0.2) is 4.98 Å². The zero-order valence-electron chi connectivity index (χ0n) is 13.9. The van der Waals surface area contributed by atoms with Crippen molar-refractivity contribution in [3.05, 3.63) is 22.9 Å². The molecule has 8 heteroatoms. The molecule has 4 nitrogen and oxygen atoms in total. The summed E-state index contributed by atoms with van der Waals surface area (Å²) in [4.78, 5) is 16.0. The van der Waals surface area contributed by atoms with E-state index in [4.69, 9.17) is 5.26 Å². The van der Waals surface area contributed by atoms with Gasteiger partial charge < -0.3 is 5.32 Å². The Morgan fingerprint density at radius 1 is 1.40 bits per heavy atom. The molecular weight excluding hydrogens is 351 g/mol. The molecule has 0 spiro atoms. The molecule has 0 radical (unpaired) electrons. The number of amides is 1. The molecule has 0 unspecified atom stereocenters. The van der Waals surface area contributed by atoms with Crippen LogP contribution >= 0.6 is 11.8 Å². The number of carbonyl (C=O) groups is 1. The van der Waals surface area contributed by atoms with Crippen LogP contribution in [0.2, 0.25) is 0 Å². The Balaban J connectivity index is 1.99. The van der Waals surface area contributed by atoms with E-state index in [1.165, 1.54) is 26.2 Å². The molecule has 0 bridgehead atoms. The average Bonchev–Trinajstić information content (AvgIpc) is 2.57. The van der Waals surface area contributed by atoms with E-state index >= 15 is 0 Å². The van der Waals surface area contributed by atoms with Gasteiger partial charge in [0, 0.05) is 12.2 Å². The molecule has 1 aliphatic carbocycles. The van der Waals surface area contributed by atoms with Gasteiger partial charge in [-0.15, -0.1) is 0 Å². The van der Waals surface area contributed by atoms with Gasteiger partial charge in [-0.3, -0.25) is 4.79 Å². The Morgan fingerprint density at radius 2 is 2.08 bits per heavy atom. The fourth-order valence-corrected chi connectivity index (χ4v) is 3.79. The highest BCUT2D eigenvalue weighted by atomic mass is 32.2. The lowest BCUT2D eigenvalue weighted by atomic mass is 9.89. The number of carbonyl (C=O) groups excluding carboxylic acids is 1. The summed E-state index contributed by atoms with van der Waals surface area (Å²) in [5, 5.41) is 11.9. The summed E-state index contributed by atoms with van der Waals surface area (Å²) in [5.41, 5.74) is -1.37. The van der Waals surface area contributed by atoms with E-state index in [1.54, 1.807) is 6.07 Å². The summed E-state index contributed by atoms with van der Waals surface area (Å²) in [7, 11) is 0. The zero-order chi connectivity index (χ0) is 18.4. The van der Waals surface area contributed by atoms with Crippen LogP contribution in [-0.4, -0.2) is 23.2 Å². The van der Waals surface area contributed by atoms with Crippen molar-refractivity contribution in [3.8, 4) is 6.07 Å². The van der Waals surface area contributed by atoms with E-state index < -0.39 is 17.3 Å². The van der Waals surface area contributed by atoms with Crippen molar-refractivity contribution in [2.75, 3.05) is 12.3 Å². The van der Waals surface area contributed by atoms with Gasteiger partial charge in [0.05, 0.1) is 16.9 Å². The first kappa shape index (κ1) is 19.6. The zero-order valence-corrected chi connectivity index (χ0v) is 14.8. The normalized spacial score (nSPS) is 15.6. The van der Waals surface area contributed by atoms with Gasteiger partial charge in [-0.05, 0) is 31.7 Å². The molecule has 1 aromatic heterocycles. The number of pyridine rings is 1. The van der Waals surface area contributed by atoms with Crippen LogP contribution in [0.1, 0.15) is 48.9 Å². The molecule has 0 aromatic carbocycles. The largest absolute Gasteiger partial charge is 0.417 e. The number of nitrogens with zero attached hydrogens (tertiary/aromatic N) is 2. The predicted molar refractivity (Wildman–Crippen MR) is 89.0 cm³/mol. The highest BCUT2D eigenvalue weighted by Crippen LogP contribution is 2.35. The number of nitrogens with one attached hydrogen (secondary N) is 1. The molecular formula is C17H20F3N3OS. The van der Waals surface area contributed by atoms with Gasteiger partial charge in [-0.1, -0.05) is 31.0 Å². The van der Waals surface area contributed by atoms with Crippen LogP contribution in [0.25, 0.3) is 0 Å². The van der Waals surface area contributed by atoms with E-state index in [2.05, 4.69) is 10.3 Å². The number of alkyl halides is 3. The van der Waals surface area contributed by atoms with E-state index in [1.807, 2.05) is 0 Å². The molecule has 136 valence electrons. The number of aryl methyl sites for hydroxylation is 1. The smallest absolute Gasteiger partial charge is 0.355 e. The minimum atomic E-state index is -4.63. The highest BCUT2D eigenvalue weighted by molar-refractivity contribution is 8.00. The number of hydrogen-bond donors (Lipinski definition) is 1. The standard InChI is InChI=1S/C17H20F3N3OS/c1-11-7-14(17(18,19)20)13(8-21)16(23-11)25-10-15(24)22-9-12-5-3-2-4-6-12/h7,12H,2-6,9-10H2,1H3,(H,22,24). The number of aromatic nitrogens is 1. The molecule has 1 heterocycles. The maximum atomic E-state index is 13.1. The maximum absolute atomic E-state index is 13.1. The first-order valence-electron chi connectivity index (χ1n) is 8.19. The van der Waals surface area contributed by atoms with Crippen molar-refractivity contribution >= 4 is 17.7 Å². The Kier molecular flexibility index (Phi) is 6.71. The number of hydrogen-bond acceptors (Lipinski definition) is 4. The number of halogens is 3. The third-order valence-electron chi connectivity index (χ3n) is 4.18. The molecule has 0 aliphatic heterocycles. The lowest BCUT2D eigenvalue weighted by Gasteiger charge is -2.21. The van der Waals surface area contributed by atoms with Crippen LogP contribution in [-0.2, 0) is 11.0 Å². The number of nitriles is 1. The molecule has 0 saturated heterocycles. The summed E-state index contributed by atoms with van der Waals surface area (Å²) < 4.78 is 39.2. The molecule has 1 amide bonds. The van der Waals surface area contributed by atoms with Crippen molar-refractivity contribution in [2.24, 2.45) is 5.92 Å². The topological polar surface area (TPSA) is 65.8 Å². The summed E-state index contributed by atoms with van der Waals surface area (Å²) in [6.07, 6.45) is 1.15. The Morgan fingerprint density at radius 3 is 2.68 bits per heavy atom. The Bertz CT molecular complexity index is 664. The molecule has 1 aliphatic rings. The summed E-state index contributed by atoms with van der Waals surface area (Å²) in [6, 6.07) is 2.42. The minimum absolute atomic E-state index is 0.0531. The number of rotatable bonds is 5. The fraction of sp³-hybridized carbons (Fsp3) is 0.588. The predicted octanol–water partition coefficient (Wildman–Crippen LogP) is 4.07. The second kappa shape index (κ2) is 8.56. The SMILES string of the molecule is Cc1cc(C(F)(F)F)c(C#N)c(SCC(=O)NCC2CCCCC2)n1. The van der Waals surface area contributed by atoms with E-state index in [0.717, 1.165) is 30.7 Å². The second-order valence-electron chi connectivity index (χ2n) is 6.20. The molecule has 1 saturated carbocycles. The Labute approximate surface area is 149 Å². The quantitative estimate of drug-likeness (QED) is 0.793. The van der Waals surface area contributed by atoms with Gasteiger partial charge >= 0.3 is 6.18 Å². The van der Waals surface area contributed by atoms with Gasteiger partial charge in [0.15, 0.2) is 0 Å². The van der Waals surface area contributed by atoms with E-state index in [-0.39, 0.29) is 22.4 Å². The van der Waals surface area contributed by atoms with Crippen molar-refractivity contribution in [1.29, 1.82) is 5.26 Å². The molecule has 25 heavy (non-hydrogen) atoms. The number of thioether (sulfide) groups is 1. The van der Waals surface area contributed by atoms with Crippen molar-refractivity contribution in [3.63, 3.8) is 0 Å².